The lowest BCUT2D eigenvalue weighted by Gasteiger charge is -2.15. The molecule has 0 atom stereocenters. The van der Waals surface area contributed by atoms with Crippen molar-refractivity contribution < 1.29 is 45.4 Å². The molecule has 0 unspecified atom stereocenters. The van der Waals surface area contributed by atoms with Gasteiger partial charge in [-0.15, -0.1) is 0 Å². The largest absolute Gasteiger partial charge is 0.490 e. The van der Waals surface area contributed by atoms with E-state index in [1.165, 1.54) is 30.5 Å². The van der Waals surface area contributed by atoms with E-state index < -0.39 is 35.6 Å². The lowest BCUT2D eigenvalue weighted by molar-refractivity contribution is -0.192. The minimum absolute atomic E-state index is 0.0347. The van der Waals surface area contributed by atoms with Crippen LogP contribution in [-0.4, -0.2) is 42.9 Å². The first kappa shape index (κ1) is 32.0. The Bertz CT molecular complexity index is 1620. The minimum atomic E-state index is -5.08. The lowest BCUT2D eigenvalue weighted by Crippen LogP contribution is -2.21. The lowest BCUT2D eigenvalue weighted by atomic mass is 10.1. The molecule has 0 aliphatic carbocycles. The fourth-order valence-electron chi connectivity index (χ4n) is 3.20. The number of rotatable bonds is 7. The highest BCUT2D eigenvalue weighted by molar-refractivity contribution is 5.99. The van der Waals surface area contributed by atoms with Crippen molar-refractivity contribution >= 4 is 40.8 Å². The van der Waals surface area contributed by atoms with Gasteiger partial charge in [-0.05, 0) is 42.0 Å². The van der Waals surface area contributed by atoms with E-state index in [-0.39, 0.29) is 17.5 Å². The van der Waals surface area contributed by atoms with Gasteiger partial charge in [0.15, 0.2) is 5.82 Å². The van der Waals surface area contributed by atoms with Gasteiger partial charge in [-0.25, -0.2) is 14.2 Å². The van der Waals surface area contributed by atoms with E-state index in [9.17, 15) is 35.5 Å². The zero-order valence-electron chi connectivity index (χ0n) is 21.8. The van der Waals surface area contributed by atoms with E-state index in [1.54, 1.807) is 24.0 Å². The molecular formula is C26H20F7N7O3. The van der Waals surface area contributed by atoms with Crippen LogP contribution in [0, 0.1) is 5.82 Å². The average Bonchev–Trinajstić information content (AvgIpc) is 3.34. The third-order valence-corrected chi connectivity index (χ3v) is 5.18. The van der Waals surface area contributed by atoms with Crippen molar-refractivity contribution in [1.82, 2.24) is 19.7 Å². The fourth-order valence-corrected chi connectivity index (χ4v) is 3.20. The number of carboxylic acids is 1. The van der Waals surface area contributed by atoms with Gasteiger partial charge in [-0.1, -0.05) is 18.7 Å². The quantitative estimate of drug-likeness (QED) is 0.142. The molecule has 17 heteroatoms. The molecule has 43 heavy (non-hydrogen) atoms. The normalized spacial score (nSPS) is 11.2. The highest BCUT2D eigenvalue weighted by atomic mass is 19.4. The molecule has 226 valence electrons. The summed E-state index contributed by atoms with van der Waals surface area (Å²) in [7, 11) is 1.73. The molecule has 0 bridgehead atoms. The number of amides is 1. The average molecular weight is 611 g/mol. The molecule has 0 aliphatic rings. The molecule has 0 fully saturated rings. The summed E-state index contributed by atoms with van der Waals surface area (Å²) in [5, 5.41) is 19.6. The SMILES string of the molecule is C=CC(=O)Nc1ccc(F)c(Nc2nc(Nc3ccn(C)n3)ncc2-c2ccc(C(F)(F)F)cc2)c1.O=C(O)C(F)(F)F. The molecule has 0 radical (unpaired) electrons. The summed E-state index contributed by atoms with van der Waals surface area (Å²) in [5.41, 5.74) is 0.127. The third kappa shape index (κ3) is 9.00. The number of nitrogens with one attached hydrogen (secondary N) is 3. The van der Waals surface area contributed by atoms with Crippen LogP contribution in [0.2, 0.25) is 0 Å². The van der Waals surface area contributed by atoms with Crippen molar-refractivity contribution in [2.24, 2.45) is 7.05 Å². The number of hydrogen-bond donors (Lipinski definition) is 4. The van der Waals surface area contributed by atoms with Crippen molar-refractivity contribution in [2.45, 2.75) is 12.4 Å². The maximum atomic E-state index is 14.7. The summed E-state index contributed by atoms with van der Waals surface area (Å²) in [4.78, 5) is 29.1. The molecule has 2 aromatic carbocycles. The molecule has 0 saturated heterocycles. The summed E-state index contributed by atoms with van der Waals surface area (Å²) in [6.45, 7) is 3.37. The number of hydrogen-bond acceptors (Lipinski definition) is 7. The minimum Gasteiger partial charge on any atom is -0.475 e. The molecule has 4 aromatic rings. The number of aliphatic carboxylic acids is 1. The highest BCUT2D eigenvalue weighted by Gasteiger charge is 2.38. The molecule has 2 aromatic heterocycles. The second-order valence-corrected chi connectivity index (χ2v) is 8.35. The van der Waals surface area contributed by atoms with Crippen molar-refractivity contribution in [2.75, 3.05) is 16.0 Å². The summed E-state index contributed by atoms with van der Waals surface area (Å²) < 4.78 is 87.0. The van der Waals surface area contributed by atoms with Crippen LogP contribution >= 0.6 is 0 Å². The van der Waals surface area contributed by atoms with Gasteiger partial charge in [-0.3, -0.25) is 9.48 Å². The van der Waals surface area contributed by atoms with Crippen LogP contribution in [0.25, 0.3) is 11.1 Å². The van der Waals surface area contributed by atoms with Crippen LogP contribution < -0.4 is 16.0 Å². The number of nitrogens with zero attached hydrogens (tertiary/aromatic N) is 4. The number of halogens is 7. The molecule has 0 spiro atoms. The summed E-state index contributed by atoms with van der Waals surface area (Å²) >= 11 is 0. The van der Waals surface area contributed by atoms with E-state index in [0.29, 0.717) is 22.6 Å². The Balaban J connectivity index is 0.000000646. The van der Waals surface area contributed by atoms with Gasteiger partial charge in [0.1, 0.15) is 11.6 Å². The first-order chi connectivity index (χ1) is 20.1. The zero-order chi connectivity index (χ0) is 31.9. The molecular weight excluding hydrogens is 591 g/mol. The number of aryl methyl sites for hydroxylation is 1. The second-order valence-electron chi connectivity index (χ2n) is 8.35. The Labute approximate surface area is 237 Å². The summed E-state index contributed by atoms with van der Waals surface area (Å²) in [5.74, 6) is -3.22. The predicted molar refractivity (Wildman–Crippen MR) is 141 cm³/mol. The van der Waals surface area contributed by atoms with Crippen LogP contribution in [0.3, 0.4) is 0 Å². The Morgan fingerprint density at radius 3 is 2.19 bits per heavy atom. The van der Waals surface area contributed by atoms with E-state index in [4.69, 9.17) is 9.90 Å². The number of aromatic nitrogens is 4. The Morgan fingerprint density at radius 2 is 1.65 bits per heavy atom. The van der Waals surface area contributed by atoms with Gasteiger partial charge >= 0.3 is 18.3 Å². The highest BCUT2D eigenvalue weighted by Crippen LogP contribution is 2.34. The topological polar surface area (TPSA) is 134 Å². The van der Waals surface area contributed by atoms with E-state index in [0.717, 1.165) is 24.3 Å². The zero-order valence-corrected chi connectivity index (χ0v) is 21.8. The molecule has 10 nitrogen and oxygen atoms in total. The molecule has 1 amide bonds. The third-order valence-electron chi connectivity index (χ3n) is 5.18. The Kier molecular flexibility index (Phi) is 9.69. The van der Waals surface area contributed by atoms with E-state index in [2.05, 4.69) is 37.6 Å². The van der Waals surface area contributed by atoms with Crippen LogP contribution in [0.5, 0.6) is 0 Å². The number of benzene rings is 2. The van der Waals surface area contributed by atoms with Gasteiger partial charge in [-0.2, -0.15) is 36.4 Å². The first-order valence-electron chi connectivity index (χ1n) is 11.7. The van der Waals surface area contributed by atoms with Crippen molar-refractivity contribution in [1.29, 1.82) is 0 Å². The molecule has 0 saturated carbocycles. The Hall–Kier alpha value is -5.48. The number of carbonyl (C=O) groups is 2. The molecule has 4 rings (SSSR count). The van der Waals surface area contributed by atoms with Crippen LogP contribution in [0.15, 0.2) is 73.6 Å². The van der Waals surface area contributed by atoms with E-state index in [1.807, 2.05) is 0 Å². The first-order valence-corrected chi connectivity index (χ1v) is 11.7. The number of anilines is 5. The second kappa shape index (κ2) is 13.0. The summed E-state index contributed by atoms with van der Waals surface area (Å²) in [6.07, 6.45) is -5.41. The summed E-state index contributed by atoms with van der Waals surface area (Å²) in [6, 6.07) is 9.97. The van der Waals surface area contributed by atoms with Crippen molar-refractivity contribution in [3.8, 4) is 11.1 Å². The molecule has 0 aliphatic heterocycles. The van der Waals surface area contributed by atoms with E-state index >= 15 is 0 Å². The molecule has 4 N–H and O–H groups in total. The van der Waals surface area contributed by atoms with Crippen LogP contribution in [0.1, 0.15) is 5.56 Å². The predicted octanol–water partition coefficient (Wildman–Crippen LogP) is 6.28. The smallest absolute Gasteiger partial charge is 0.475 e. The standard InChI is InChI=1S/C24H19F4N7O.C2HF3O2/c1-3-21(36)30-16-8-9-18(25)19(12-16)31-22-17(14-4-6-15(7-5-14)24(26,27)28)13-29-23(33-22)32-20-10-11-35(2)34-20;3-2(4,5)1(6)7/h3-13H,1H2,2H3,(H,30,36)(H2,29,31,32,33,34);(H,6,7). The fraction of sp³-hybridized carbons (Fsp3) is 0.115. The molecule has 2 heterocycles. The van der Waals surface area contributed by atoms with Gasteiger partial charge in [0.2, 0.25) is 11.9 Å². The van der Waals surface area contributed by atoms with Gasteiger partial charge in [0, 0.05) is 36.8 Å². The van der Waals surface area contributed by atoms with Crippen molar-refractivity contribution in [3.05, 3.63) is 85.0 Å². The van der Waals surface area contributed by atoms with Gasteiger partial charge in [0.05, 0.1) is 11.3 Å². The van der Waals surface area contributed by atoms with Crippen molar-refractivity contribution in [3.63, 3.8) is 0 Å². The maximum absolute atomic E-state index is 14.7. The number of alkyl halides is 6. The monoisotopic (exact) mass is 611 g/mol. The van der Waals surface area contributed by atoms with Crippen LogP contribution in [0.4, 0.5) is 59.7 Å². The van der Waals surface area contributed by atoms with Crippen LogP contribution in [-0.2, 0) is 22.8 Å². The number of carboxylic acid groups (broad SMARTS) is 1. The maximum Gasteiger partial charge on any atom is 0.490 e. The van der Waals surface area contributed by atoms with Gasteiger partial charge in [0.25, 0.3) is 0 Å². The Morgan fingerprint density at radius 1 is 1.00 bits per heavy atom. The van der Waals surface area contributed by atoms with Gasteiger partial charge < -0.3 is 21.1 Å². The number of carbonyl (C=O) groups excluding carboxylic acids is 1.